The number of carboxylic acid groups (broad SMARTS) is 1. The number of carbonyl (C=O) groups excluding carboxylic acids is 1. The van der Waals surface area contributed by atoms with Crippen LogP contribution >= 0.6 is 0 Å². The molecular formula is C19H15NO7. The van der Waals surface area contributed by atoms with E-state index in [2.05, 4.69) is 5.32 Å². The monoisotopic (exact) mass is 369 g/mol. The van der Waals surface area contributed by atoms with Gasteiger partial charge in [-0.15, -0.1) is 0 Å². The summed E-state index contributed by atoms with van der Waals surface area (Å²) in [6.45, 7) is -0.657. The lowest BCUT2D eigenvalue weighted by Crippen LogP contribution is -2.29. The first kappa shape index (κ1) is 18.0. The van der Waals surface area contributed by atoms with Crippen LogP contribution in [0.2, 0.25) is 0 Å². The molecule has 0 radical (unpaired) electrons. The van der Waals surface area contributed by atoms with Crippen molar-refractivity contribution in [3.05, 3.63) is 58.4 Å². The standard InChI is InChI=1S/C19H15NO7/c1-26-13-8-3-2-5-10(13)11-6-4-7-12-15(11)16(19(25)27-18(12)24)17(23)20-9-14(21)22/h2-8,25H,9H2,1H3,(H,20,23)(H,21,22). The number of methoxy groups -OCH3 is 1. The van der Waals surface area contributed by atoms with Crippen molar-refractivity contribution < 1.29 is 29.0 Å². The molecule has 0 spiro atoms. The molecule has 0 aliphatic rings. The number of aliphatic carboxylic acids is 1. The maximum Gasteiger partial charge on any atom is 0.346 e. The summed E-state index contributed by atoms with van der Waals surface area (Å²) < 4.78 is 10.1. The quantitative estimate of drug-likeness (QED) is 0.628. The highest BCUT2D eigenvalue weighted by atomic mass is 16.5. The van der Waals surface area contributed by atoms with Crippen molar-refractivity contribution in [3.63, 3.8) is 0 Å². The number of amides is 1. The van der Waals surface area contributed by atoms with Crippen LogP contribution in [0.4, 0.5) is 0 Å². The number of benzene rings is 2. The number of carbonyl (C=O) groups is 2. The molecule has 0 aliphatic heterocycles. The Balaban J connectivity index is 2.35. The number of para-hydroxylation sites is 1. The third-order valence-electron chi connectivity index (χ3n) is 3.96. The zero-order chi connectivity index (χ0) is 19.6. The summed E-state index contributed by atoms with van der Waals surface area (Å²) in [7, 11) is 1.48. The van der Waals surface area contributed by atoms with Gasteiger partial charge in [0.15, 0.2) is 0 Å². The predicted molar refractivity (Wildman–Crippen MR) is 96.1 cm³/mol. The second kappa shape index (κ2) is 7.20. The molecule has 138 valence electrons. The first-order valence-corrected chi connectivity index (χ1v) is 7.86. The Kier molecular flexibility index (Phi) is 4.80. The van der Waals surface area contributed by atoms with Crippen LogP contribution in [-0.4, -0.2) is 35.7 Å². The average molecular weight is 369 g/mol. The highest BCUT2D eigenvalue weighted by molar-refractivity contribution is 6.14. The normalized spacial score (nSPS) is 10.6. The van der Waals surface area contributed by atoms with Gasteiger partial charge in [0.1, 0.15) is 17.9 Å². The number of hydrogen-bond donors (Lipinski definition) is 3. The highest BCUT2D eigenvalue weighted by Crippen LogP contribution is 2.37. The van der Waals surface area contributed by atoms with E-state index in [1.165, 1.54) is 13.2 Å². The van der Waals surface area contributed by atoms with Crippen LogP contribution in [0.1, 0.15) is 10.4 Å². The number of nitrogens with one attached hydrogen (secondary N) is 1. The van der Waals surface area contributed by atoms with Gasteiger partial charge in [0.2, 0.25) is 0 Å². The van der Waals surface area contributed by atoms with Crippen molar-refractivity contribution in [2.75, 3.05) is 13.7 Å². The lowest BCUT2D eigenvalue weighted by molar-refractivity contribution is -0.135. The fourth-order valence-electron chi connectivity index (χ4n) is 2.84. The maximum atomic E-state index is 12.5. The van der Waals surface area contributed by atoms with Gasteiger partial charge in [0.25, 0.3) is 11.9 Å². The molecule has 3 rings (SSSR count). The van der Waals surface area contributed by atoms with Crippen molar-refractivity contribution in [1.82, 2.24) is 5.32 Å². The van der Waals surface area contributed by atoms with Crippen molar-refractivity contribution >= 4 is 22.6 Å². The first-order chi connectivity index (χ1) is 12.9. The van der Waals surface area contributed by atoms with Gasteiger partial charge in [-0.25, -0.2) is 4.79 Å². The van der Waals surface area contributed by atoms with Gasteiger partial charge in [0, 0.05) is 10.9 Å². The predicted octanol–water partition coefficient (Wildman–Crippen LogP) is 1.99. The molecule has 1 amide bonds. The van der Waals surface area contributed by atoms with E-state index in [0.717, 1.165) is 0 Å². The van der Waals surface area contributed by atoms with Crippen molar-refractivity contribution in [3.8, 4) is 22.8 Å². The lowest BCUT2D eigenvalue weighted by Gasteiger charge is -2.14. The second-order valence-electron chi connectivity index (χ2n) is 5.57. The Morgan fingerprint density at radius 2 is 1.81 bits per heavy atom. The highest BCUT2D eigenvalue weighted by Gasteiger charge is 2.24. The molecule has 0 saturated carbocycles. The Morgan fingerprint density at radius 1 is 1.11 bits per heavy atom. The number of hydrogen-bond acceptors (Lipinski definition) is 6. The lowest BCUT2D eigenvalue weighted by atomic mass is 9.95. The third-order valence-corrected chi connectivity index (χ3v) is 3.96. The number of fused-ring (bicyclic) bond motifs is 1. The Bertz CT molecular complexity index is 1100. The summed E-state index contributed by atoms with van der Waals surface area (Å²) in [6, 6.07) is 11.7. The van der Waals surface area contributed by atoms with Crippen LogP contribution in [0, 0.1) is 0 Å². The van der Waals surface area contributed by atoms with E-state index < -0.39 is 30.0 Å². The minimum atomic E-state index is -1.26. The van der Waals surface area contributed by atoms with E-state index in [1.54, 1.807) is 36.4 Å². The number of rotatable bonds is 5. The van der Waals surface area contributed by atoms with Crippen LogP contribution in [0.3, 0.4) is 0 Å². The molecule has 0 bridgehead atoms. The first-order valence-electron chi connectivity index (χ1n) is 7.86. The van der Waals surface area contributed by atoms with E-state index in [9.17, 15) is 19.5 Å². The average Bonchev–Trinajstić information content (AvgIpc) is 2.66. The zero-order valence-corrected chi connectivity index (χ0v) is 14.2. The fraction of sp³-hybridized carbons (Fsp3) is 0.105. The summed E-state index contributed by atoms with van der Waals surface area (Å²) in [5, 5.41) is 21.3. The molecule has 1 heterocycles. The Hall–Kier alpha value is -3.81. The summed E-state index contributed by atoms with van der Waals surface area (Å²) in [5.74, 6) is -2.53. The third kappa shape index (κ3) is 3.32. The minimum Gasteiger partial charge on any atom is -0.496 e. The number of carboxylic acids is 1. The van der Waals surface area contributed by atoms with Gasteiger partial charge in [0.05, 0.1) is 12.5 Å². The molecule has 0 aliphatic carbocycles. The van der Waals surface area contributed by atoms with Crippen molar-refractivity contribution in [2.45, 2.75) is 0 Å². The minimum absolute atomic E-state index is 0.0664. The van der Waals surface area contributed by atoms with Crippen molar-refractivity contribution in [2.24, 2.45) is 0 Å². The molecule has 0 fully saturated rings. The molecular weight excluding hydrogens is 354 g/mol. The van der Waals surface area contributed by atoms with E-state index in [1.807, 2.05) is 0 Å². The van der Waals surface area contributed by atoms with Gasteiger partial charge in [-0.3, -0.25) is 9.59 Å². The van der Waals surface area contributed by atoms with Crippen LogP contribution in [0.25, 0.3) is 21.9 Å². The van der Waals surface area contributed by atoms with E-state index in [-0.39, 0.29) is 16.3 Å². The fourth-order valence-corrected chi connectivity index (χ4v) is 2.84. The van der Waals surface area contributed by atoms with E-state index in [4.69, 9.17) is 14.3 Å². The van der Waals surface area contributed by atoms with E-state index >= 15 is 0 Å². The second-order valence-corrected chi connectivity index (χ2v) is 5.57. The van der Waals surface area contributed by atoms with Crippen LogP contribution in [0.15, 0.2) is 51.7 Å². The number of aromatic hydroxyl groups is 1. The molecule has 0 saturated heterocycles. The van der Waals surface area contributed by atoms with Gasteiger partial charge >= 0.3 is 11.6 Å². The maximum absolute atomic E-state index is 12.5. The summed E-state index contributed by atoms with van der Waals surface area (Å²) in [4.78, 5) is 35.4. The molecule has 27 heavy (non-hydrogen) atoms. The SMILES string of the molecule is COc1ccccc1-c1cccc2c(=O)oc(O)c(C(=O)NCC(=O)O)c12. The Labute approximate surface area is 152 Å². The van der Waals surface area contributed by atoms with Gasteiger partial charge in [-0.1, -0.05) is 30.3 Å². The molecule has 3 aromatic rings. The summed E-state index contributed by atoms with van der Waals surface area (Å²) in [5.41, 5.74) is -0.113. The molecule has 0 unspecified atom stereocenters. The van der Waals surface area contributed by atoms with Crippen LogP contribution in [0.5, 0.6) is 11.7 Å². The smallest absolute Gasteiger partial charge is 0.346 e. The van der Waals surface area contributed by atoms with Gasteiger partial charge in [-0.2, -0.15) is 0 Å². The molecule has 1 aromatic heterocycles. The van der Waals surface area contributed by atoms with Gasteiger partial charge < -0.3 is 24.7 Å². The van der Waals surface area contributed by atoms with Crippen LogP contribution in [-0.2, 0) is 4.79 Å². The zero-order valence-electron chi connectivity index (χ0n) is 14.2. The van der Waals surface area contributed by atoms with E-state index in [0.29, 0.717) is 16.9 Å². The molecule has 2 aromatic carbocycles. The molecule has 3 N–H and O–H groups in total. The van der Waals surface area contributed by atoms with Gasteiger partial charge in [-0.05, 0) is 17.7 Å². The van der Waals surface area contributed by atoms with Crippen molar-refractivity contribution in [1.29, 1.82) is 0 Å². The molecule has 8 heteroatoms. The largest absolute Gasteiger partial charge is 0.496 e. The summed E-state index contributed by atoms with van der Waals surface area (Å²) in [6.07, 6.45) is 0. The number of ether oxygens (including phenoxy) is 1. The Morgan fingerprint density at radius 3 is 2.52 bits per heavy atom. The summed E-state index contributed by atoms with van der Waals surface area (Å²) >= 11 is 0. The molecule has 0 atom stereocenters. The topological polar surface area (TPSA) is 126 Å². The van der Waals surface area contributed by atoms with Crippen LogP contribution < -0.4 is 15.7 Å². The molecule has 8 nitrogen and oxygen atoms in total.